The summed E-state index contributed by atoms with van der Waals surface area (Å²) in [6.45, 7) is 12.9. The number of hydrogen-bond donors (Lipinski definition) is 0. The summed E-state index contributed by atoms with van der Waals surface area (Å²) in [5.41, 5.74) is 2.70. The minimum Gasteiger partial charge on any atom is -0.340 e. The fraction of sp³-hybridized carbons (Fsp3) is 0.550. The van der Waals surface area contributed by atoms with Crippen LogP contribution >= 0.6 is 0 Å². The van der Waals surface area contributed by atoms with Crippen LogP contribution in [0.4, 0.5) is 0 Å². The zero-order valence-corrected chi connectivity index (χ0v) is 16.3. The summed E-state index contributed by atoms with van der Waals surface area (Å²) in [4.78, 5) is 21.5. The molecule has 1 saturated heterocycles. The van der Waals surface area contributed by atoms with Crippen molar-refractivity contribution in [3.63, 3.8) is 0 Å². The molecule has 140 valence electrons. The van der Waals surface area contributed by atoms with Crippen molar-refractivity contribution in [1.82, 2.24) is 24.6 Å². The number of carbonyl (C=O) groups is 1. The van der Waals surface area contributed by atoms with Gasteiger partial charge in [-0.3, -0.25) is 9.69 Å². The monoisotopic (exact) mass is 355 g/mol. The third-order valence-corrected chi connectivity index (χ3v) is 5.17. The maximum Gasteiger partial charge on any atom is 0.227 e. The summed E-state index contributed by atoms with van der Waals surface area (Å²) in [6.07, 6.45) is 0. The Hall–Kier alpha value is -2.21. The second kappa shape index (κ2) is 7.99. The van der Waals surface area contributed by atoms with Crippen LogP contribution in [-0.4, -0.2) is 56.7 Å². The van der Waals surface area contributed by atoms with Gasteiger partial charge in [0.25, 0.3) is 0 Å². The second-order valence-corrected chi connectivity index (χ2v) is 7.32. The second-order valence-electron chi connectivity index (χ2n) is 7.32. The lowest BCUT2D eigenvalue weighted by Crippen LogP contribution is -2.50. The van der Waals surface area contributed by atoms with Gasteiger partial charge in [0.15, 0.2) is 0 Å². The first kappa shape index (κ1) is 18.6. The number of amides is 1. The smallest absolute Gasteiger partial charge is 0.227 e. The molecule has 3 rings (SSSR count). The molecule has 0 saturated carbocycles. The van der Waals surface area contributed by atoms with Gasteiger partial charge in [-0.2, -0.15) is 5.10 Å². The van der Waals surface area contributed by atoms with E-state index in [4.69, 9.17) is 0 Å². The largest absolute Gasteiger partial charge is 0.340 e. The van der Waals surface area contributed by atoms with Crippen molar-refractivity contribution in [1.29, 1.82) is 0 Å². The molecule has 6 nitrogen and oxygen atoms in total. The van der Waals surface area contributed by atoms with Gasteiger partial charge in [-0.05, 0) is 31.9 Å². The molecule has 1 aromatic heterocycles. The number of benzene rings is 1. The molecule has 1 aliphatic heterocycles. The maximum atomic E-state index is 12.8. The molecule has 1 atom stereocenters. The molecule has 26 heavy (non-hydrogen) atoms. The molecule has 0 spiro atoms. The van der Waals surface area contributed by atoms with Gasteiger partial charge < -0.3 is 4.90 Å². The third-order valence-electron chi connectivity index (χ3n) is 5.17. The van der Waals surface area contributed by atoms with Gasteiger partial charge in [-0.15, -0.1) is 0 Å². The summed E-state index contributed by atoms with van der Waals surface area (Å²) in [6, 6.07) is 8.52. The number of aromatic nitrogens is 3. The minimum absolute atomic E-state index is 0.0854. The minimum atomic E-state index is -0.0854. The highest BCUT2D eigenvalue weighted by Gasteiger charge is 2.25. The van der Waals surface area contributed by atoms with Gasteiger partial charge >= 0.3 is 0 Å². The Kier molecular flexibility index (Phi) is 5.71. The van der Waals surface area contributed by atoms with Crippen LogP contribution in [0.5, 0.6) is 0 Å². The average molecular weight is 355 g/mol. The van der Waals surface area contributed by atoms with Gasteiger partial charge in [0.2, 0.25) is 5.91 Å². The predicted molar refractivity (Wildman–Crippen MR) is 102 cm³/mol. The van der Waals surface area contributed by atoms with Crippen LogP contribution in [0, 0.1) is 26.7 Å². The Morgan fingerprint density at radius 3 is 2.42 bits per heavy atom. The first-order valence-corrected chi connectivity index (χ1v) is 9.37. The highest BCUT2D eigenvalue weighted by atomic mass is 16.2. The molecule has 0 unspecified atom stereocenters. The van der Waals surface area contributed by atoms with Crippen LogP contribution in [-0.2, 0) is 17.9 Å². The number of carbonyl (C=O) groups excluding carboxylic acids is 1. The van der Waals surface area contributed by atoms with E-state index < -0.39 is 0 Å². The van der Waals surface area contributed by atoms with Crippen LogP contribution < -0.4 is 0 Å². The van der Waals surface area contributed by atoms with Crippen LogP contribution in [0.1, 0.15) is 29.7 Å². The van der Waals surface area contributed by atoms with E-state index in [9.17, 15) is 4.79 Å². The van der Waals surface area contributed by atoms with Crippen LogP contribution in [0.2, 0.25) is 0 Å². The van der Waals surface area contributed by atoms with Gasteiger partial charge in [-0.1, -0.05) is 31.2 Å². The predicted octanol–water partition coefficient (Wildman–Crippen LogP) is 2.18. The molecule has 1 aliphatic rings. The number of aryl methyl sites for hydroxylation is 3. The lowest BCUT2D eigenvalue weighted by molar-refractivity contribution is -0.137. The number of hydrogen-bond acceptors (Lipinski definition) is 4. The molecule has 1 aromatic carbocycles. The highest BCUT2D eigenvalue weighted by Crippen LogP contribution is 2.14. The van der Waals surface area contributed by atoms with Gasteiger partial charge in [0.1, 0.15) is 11.6 Å². The van der Waals surface area contributed by atoms with Crippen molar-refractivity contribution in [2.24, 2.45) is 5.92 Å². The van der Waals surface area contributed by atoms with Crippen LogP contribution in [0.15, 0.2) is 24.3 Å². The van der Waals surface area contributed by atoms with Crippen LogP contribution in [0.3, 0.4) is 0 Å². The molecular weight excluding hydrogens is 326 g/mol. The van der Waals surface area contributed by atoms with Crippen LogP contribution in [0.25, 0.3) is 0 Å². The van der Waals surface area contributed by atoms with E-state index in [1.807, 2.05) is 30.4 Å². The van der Waals surface area contributed by atoms with E-state index in [1.165, 1.54) is 11.1 Å². The van der Waals surface area contributed by atoms with Gasteiger partial charge in [0.05, 0.1) is 12.5 Å². The zero-order valence-electron chi connectivity index (χ0n) is 16.3. The quantitative estimate of drug-likeness (QED) is 0.825. The molecule has 1 amide bonds. The fourth-order valence-electron chi connectivity index (χ4n) is 3.54. The van der Waals surface area contributed by atoms with Crippen molar-refractivity contribution >= 4 is 5.91 Å². The molecule has 0 aliphatic carbocycles. The Morgan fingerprint density at radius 1 is 1.12 bits per heavy atom. The van der Waals surface area contributed by atoms with E-state index in [1.54, 1.807) is 0 Å². The first-order valence-electron chi connectivity index (χ1n) is 9.37. The molecule has 2 aromatic rings. The number of piperazine rings is 1. The van der Waals surface area contributed by atoms with E-state index in [0.717, 1.165) is 44.4 Å². The lowest BCUT2D eigenvalue weighted by Gasteiger charge is -2.36. The normalized spacial score (nSPS) is 16.7. The number of nitrogens with zero attached hydrogens (tertiary/aromatic N) is 5. The number of rotatable bonds is 5. The maximum absolute atomic E-state index is 12.8. The molecule has 6 heteroatoms. The Labute approximate surface area is 155 Å². The third kappa shape index (κ3) is 4.30. The average Bonchev–Trinajstić information content (AvgIpc) is 2.94. The van der Waals surface area contributed by atoms with Gasteiger partial charge in [0, 0.05) is 32.7 Å². The van der Waals surface area contributed by atoms with E-state index in [-0.39, 0.29) is 11.8 Å². The standard InChI is InChI=1S/C20H29N5O/c1-15-7-5-6-8-19(15)14-23-9-11-24(12-10-23)20(26)16(2)13-25-18(4)21-17(3)22-25/h5-8,16H,9-14H2,1-4H3/t16-/m0/s1. The van der Waals surface area contributed by atoms with Crippen molar-refractivity contribution in [3.8, 4) is 0 Å². The lowest BCUT2D eigenvalue weighted by atomic mass is 10.1. The highest BCUT2D eigenvalue weighted by molar-refractivity contribution is 5.78. The molecule has 0 bridgehead atoms. The van der Waals surface area contributed by atoms with Crippen molar-refractivity contribution in [2.75, 3.05) is 26.2 Å². The summed E-state index contributed by atoms with van der Waals surface area (Å²) in [7, 11) is 0. The van der Waals surface area contributed by atoms with E-state index in [0.29, 0.717) is 6.54 Å². The molecule has 0 radical (unpaired) electrons. The summed E-state index contributed by atoms with van der Waals surface area (Å²) in [5.74, 6) is 1.75. The van der Waals surface area contributed by atoms with E-state index in [2.05, 4.69) is 46.2 Å². The van der Waals surface area contributed by atoms with Gasteiger partial charge in [-0.25, -0.2) is 9.67 Å². The molecule has 1 fully saturated rings. The first-order chi connectivity index (χ1) is 12.4. The van der Waals surface area contributed by atoms with Crippen molar-refractivity contribution < 1.29 is 4.79 Å². The summed E-state index contributed by atoms with van der Waals surface area (Å²) in [5, 5.41) is 4.37. The Morgan fingerprint density at radius 2 is 1.81 bits per heavy atom. The molecule has 2 heterocycles. The van der Waals surface area contributed by atoms with E-state index >= 15 is 0 Å². The fourth-order valence-corrected chi connectivity index (χ4v) is 3.54. The molecular formula is C20H29N5O. The summed E-state index contributed by atoms with van der Waals surface area (Å²) >= 11 is 0. The van der Waals surface area contributed by atoms with Crippen molar-refractivity contribution in [3.05, 3.63) is 47.0 Å². The summed E-state index contributed by atoms with van der Waals surface area (Å²) < 4.78 is 1.84. The zero-order chi connectivity index (χ0) is 18.7. The Bertz CT molecular complexity index is 761. The topological polar surface area (TPSA) is 54.3 Å². The van der Waals surface area contributed by atoms with Crippen molar-refractivity contribution in [2.45, 2.75) is 40.8 Å². The molecule has 0 N–H and O–H groups in total. The Balaban J connectivity index is 1.51. The SMILES string of the molecule is Cc1nc(C)n(C[C@H](C)C(=O)N2CCN(Cc3ccccc3C)CC2)n1.